The number of carbonyl (C=O) groups excluding carboxylic acids is 2. The molecule has 0 bridgehead atoms. The van der Waals surface area contributed by atoms with Gasteiger partial charge in [0.2, 0.25) is 5.91 Å². The molecule has 2 N–H and O–H groups in total. The van der Waals surface area contributed by atoms with Crippen molar-refractivity contribution in [3.8, 4) is 0 Å². The van der Waals surface area contributed by atoms with Gasteiger partial charge in [-0.25, -0.2) is 4.98 Å². The standard InChI is InChI=1S/C14H16N4O2/c1-9-4-2-6-12-16-11(8-18(9)12)14(20)17-10-5-3-7-15-13(10)19/h2,4,6,8,10H,3,5,7H2,1H3,(H,15,19)(H,17,20). The Labute approximate surface area is 116 Å². The van der Waals surface area contributed by atoms with E-state index in [1.807, 2.05) is 29.5 Å². The summed E-state index contributed by atoms with van der Waals surface area (Å²) in [4.78, 5) is 28.1. The summed E-state index contributed by atoms with van der Waals surface area (Å²) >= 11 is 0. The van der Waals surface area contributed by atoms with Gasteiger partial charge in [-0.2, -0.15) is 0 Å². The molecule has 3 rings (SSSR count). The molecule has 3 heterocycles. The Kier molecular flexibility index (Phi) is 3.14. The van der Waals surface area contributed by atoms with Gasteiger partial charge in [-0.05, 0) is 31.9 Å². The van der Waals surface area contributed by atoms with Crippen LogP contribution in [0.15, 0.2) is 24.4 Å². The lowest BCUT2D eigenvalue weighted by Crippen LogP contribution is -2.50. The molecule has 104 valence electrons. The van der Waals surface area contributed by atoms with E-state index in [0.29, 0.717) is 18.7 Å². The van der Waals surface area contributed by atoms with Gasteiger partial charge >= 0.3 is 0 Å². The fourth-order valence-electron chi connectivity index (χ4n) is 2.40. The summed E-state index contributed by atoms with van der Waals surface area (Å²) in [7, 11) is 0. The van der Waals surface area contributed by atoms with Crippen molar-refractivity contribution in [3.05, 3.63) is 35.8 Å². The SMILES string of the molecule is Cc1cccc2nc(C(=O)NC3CCCNC3=O)cn12. The zero-order chi connectivity index (χ0) is 14.1. The number of fused-ring (bicyclic) bond motifs is 1. The van der Waals surface area contributed by atoms with Crippen LogP contribution in [-0.4, -0.2) is 33.8 Å². The number of pyridine rings is 1. The molecule has 1 atom stereocenters. The average molecular weight is 272 g/mol. The minimum absolute atomic E-state index is 0.121. The molecule has 2 aromatic rings. The maximum Gasteiger partial charge on any atom is 0.272 e. The van der Waals surface area contributed by atoms with Crippen molar-refractivity contribution in [1.82, 2.24) is 20.0 Å². The van der Waals surface area contributed by atoms with Gasteiger partial charge in [-0.3, -0.25) is 9.59 Å². The molecule has 0 aromatic carbocycles. The fourth-order valence-corrected chi connectivity index (χ4v) is 2.40. The summed E-state index contributed by atoms with van der Waals surface area (Å²) in [5.74, 6) is -0.431. The van der Waals surface area contributed by atoms with Crippen molar-refractivity contribution in [3.63, 3.8) is 0 Å². The van der Waals surface area contributed by atoms with Gasteiger partial charge in [-0.15, -0.1) is 0 Å². The smallest absolute Gasteiger partial charge is 0.272 e. The second-order valence-electron chi connectivity index (χ2n) is 4.98. The van der Waals surface area contributed by atoms with Gasteiger partial charge in [0.1, 0.15) is 17.4 Å². The van der Waals surface area contributed by atoms with Crippen LogP contribution in [0, 0.1) is 6.92 Å². The number of nitrogens with zero attached hydrogens (tertiary/aromatic N) is 2. The summed E-state index contributed by atoms with van der Waals surface area (Å²) in [6, 6.07) is 5.23. The minimum Gasteiger partial charge on any atom is -0.354 e. The third kappa shape index (κ3) is 2.24. The van der Waals surface area contributed by atoms with E-state index in [1.54, 1.807) is 6.20 Å². The number of imidazole rings is 1. The lowest BCUT2D eigenvalue weighted by Gasteiger charge is -2.22. The van der Waals surface area contributed by atoms with Crippen molar-refractivity contribution in [2.45, 2.75) is 25.8 Å². The number of carbonyl (C=O) groups is 2. The van der Waals surface area contributed by atoms with E-state index >= 15 is 0 Å². The van der Waals surface area contributed by atoms with Gasteiger partial charge in [-0.1, -0.05) is 6.07 Å². The minimum atomic E-state index is -0.456. The molecule has 1 saturated heterocycles. The molecular formula is C14H16N4O2. The molecule has 0 spiro atoms. The molecule has 2 amide bonds. The van der Waals surface area contributed by atoms with Crippen LogP contribution in [0.5, 0.6) is 0 Å². The van der Waals surface area contributed by atoms with Crippen LogP contribution in [0.3, 0.4) is 0 Å². The highest BCUT2D eigenvalue weighted by Crippen LogP contribution is 2.09. The molecule has 0 aliphatic carbocycles. The Morgan fingerprint density at radius 3 is 3.10 bits per heavy atom. The molecule has 1 aliphatic heterocycles. The lowest BCUT2D eigenvalue weighted by atomic mass is 10.1. The number of hydrogen-bond donors (Lipinski definition) is 2. The lowest BCUT2D eigenvalue weighted by molar-refractivity contribution is -0.124. The predicted molar refractivity (Wildman–Crippen MR) is 73.4 cm³/mol. The van der Waals surface area contributed by atoms with Gasteiger partial charge in [0, 0.05) is 18.4 Å². The molecule has 2 aromatic heterocycles. The molecule has 1 aliphatic rings. The van der Waals surface area contributed by atoms with Gasteiger partial charge in [0.15, 0.2) is 0 Å². The van der Waals surface area contributed by atoms with E-state index in [4.69, 9.17) is 0 Å². The summed E-state index contributed by atoms with van der Waals surface area (Å²) in [6.45, 7) is 2.63. The first kappa shape index (κ1) is 12.7. The molecule has 6 nitrogen and oxygen atoms in total. The molecular weight excluding hydrogens is 256 g/mol. The van der Waals surface area contributed by atoms with Gasteiger partial charge in [0.25, 0.3) is 5.91 Å². The number of piperidine rings is 1. The number of rotatable bonds is 2. The van der Waals surface area contributed by atoms with Gasteiger partial charge in [0.05, 0.1) is 0 Å². The number of aryl methyl sites for hydroxylation is 1. The number of amides is 2. The summed E-state index contributed by atoms with van der Waals surface area (Å²) in [5, 5.41) is 5.48. The monoisotopic (exact) mass is 272 g/mol. The first-order valence-electron chi connectivity index (χ1n) is 6.68. The summed E-state index contributed by atoms with van der Waals surface area (Å²) < 4.78 is 1.86. The van der Waals surface area contributed by atoms with Crippen LogP contribution in [0.1, 0.15) is 29.0 Å². The summed E-state index contributed by atoms with van der Waals surface area (Å²) in [6.07, 6.45) is 3.24. The highest BCUT2D eigenvalue weighted by Gasteiger charge is 2.24. The molecule has 1 fully saturated rings. The van der Waals surface area contributed by atoms with Crippen molar-refractivity contribution in [2.24, 2.45) is 0 Å². The first-order chi connectivity index (χ1) is 9.65. The van der Waals surface area contributed by atoms with E-state index in [2.05, 4.69) is 15.6 Å². The number of nitrogens with one attached hydrogen (secondary N) is 2. The van der Waals surface area contributed by atoms with Crippen molar-refractivity contribution < 1.29 is 9.59 Å². The zero-order valence-electron chi connectivity index (χ0n) is 11.2. The van der Waals surface area contributed by atoms with E-state index in [9.17, 15) is 9.59 Å². The Hall–Kier alpha value is -2.37. The quantitative estimate of drug-likeness (QED) is 0.843. The van der Waals surface area contributed by atoms with Crippen LogP contribution in [0.25, 0.3) is 5.65 Å². The molecule has 6 heteroatoms. The van der Waals surface area contributed by atoms with Crippen molar-refractivity contribution >= 4 is 17.5 Å². The van der Waals surface area contributed by atoms with Gasteiger partial charge < -0.3 is 15.0 Å². The first-order valence-corrected chi connectivity index (χ1v) is 6.68. The highest BCUT2D eigenvalue weighted by atomic mass is 16.2. The normalized spacial score (nSPS) is 18.9. The maximum atomic E-state index is 12.2. The van der Waals surface area contributed by atoms with E-state index in [0.717, 1.165) is 17.8 Å². The molecule has 0 saturated carbocycles. The Bertz CT molecular complexity index is 677. The topological polar surface area (TPSA) is 75.5 Å². The van der Waals surface area contributed by atoms with E-state index in [1.165, 1.54) is 0 Å². The molecule has 0 radical (unpaired) electrons. The number of aromatic nitrogens is 2. The summed E-state index contributed by atoms with van der Waals surface area (Å²) in [5.41, 5.74) is 2.06. The third-order valence-electron chi connectivity index (χ3n) is 3.52. The van der Waals surface area contributed by atoms with E-state index < -0.39 is 6.04 Å². The second kappa shape index (κ2) is 4.96. The highest BCUT2D eigenvalue weighted by molar-refractivity contribution is 5.96. The Morgan fingerprint density at radius 1 is 1.50 bits per heavy atom. The maximum absolute atomic E-state index is 12.2. The molecule has 1 unspecified atom stereocenters. The predicted octanol–water partition coefficient (Wildman–Crippen LogP) is 0.651. The van der Waals surface area contributed by atoms with Crippen LogP contribution >= 0.6 is 0 Å². The van der Waals surface area contributed by atoms with Crippen molar-refractivity contribution in [1.29, 1.82) is 0 Å². The second-order valence-corrected chi connectivity index (χ2v) is 4.98. The van der Waals surface area contributed by atoms with E-state index in [-0.39, 0.29) is 11.8 Å². The fraction of sp³-hybridized carbons (Fsp3) is 0.357. The molecule has 20 heavy (non-hydrogen) atoms. The van der Waals surface area contributed by atoms with Crippen molar-refractivity contribution in [2.75, 3.05) is 6.54 Å². The van der Waals surface area contributed by atoms with Crippen LogP contribution in [0.2, 0.25) is 0 Å². The zero-order valence-corrected chi connectivity index (χ0v) is 11.2. The Morgan fingerprint density at radius 2 is 2.35 bits per heavy atom. The Balaban J connectivity index is 1.82. The largest absolute Gasteiger partial charge is 0.354 e. The number of hydrogen-bond acceptors (Lipinski definition) is 3. The van der Waals surface area contributed by atoms with Crippen LogP contribution in [-0.2, 0) is 4.79 Å². The third-order valence-corrected chi connectivity index (χ3v) is 3.52. The van der Waals surface area contributed by atoms with Crippen LogP contribution < -0.4 is 10.6 Å². The van der Waals surface area contributed by atoms with Crippen LogP contribution in [0.4, 0.5) is 0 Å². The average Bonchev–Trinajstić information content (AvgIpc) is 2.87.